The molecule has 1 aliphatic heterocycles. The first kappa shape index (κ1) is 51.1. The summed E-state index contributed by atoms with van der Waals surface area (Å²) in [4.78, 5) is 61.2. The number of sulfonamides is 1. The van der Waals surface area contributed by atoms with Crippen LogP contribution in [0.15, 0.2) is 121 Å². The van der Waals surface area contributed by atoms with Crippen LogP contribution in [0.5, 0.6) is 28.7 Å². The fourth-order valence-corrected chi connectivity index (χ4v) is 7.24. The summed E-state index contributed by atoms with van der Waals surface area (Å²) in [6.45, 7) is 0.611. The molecule has 0 aliphatic carbocycles. The van der Waals surface area contributed by atoms with Gasteiger partial charge in [0, 0.05) is 13.0 Å². The van der Waals surface area contributed by atoms with Gasteiger partial charge >= 0.3 is 6.09 Å². The van der Waals surface area contributed by atoms with Crippen LogP contribution < -0.4 is 55.8 Å². The van der Waals surface area contributed by atoms with Gasteiger partial charge in [-0.3, -0.25) is 19.2 Å². The summed E-state index contributed by atoms with van der Waals surface area (Å²) in [6, 6.07) is 34.0. The number of primary sulfonamides is 1. The van der Waals surface area contributed by atoms with E-state index in [9.17, 15) is 32.4 Å². The zero-order valence-electron chi connectivity index (χ0n) is 37.4. The van der Waals surface area contributed by atoms with Gasteiger partial charge in [0.2, 0.25) is 46.2 Å². The number of hydrogen-bond acceptors (Lipinski definition) is 13. The maximum absolute atomic E-state index is 12.8. The number of benzene rings is 5. The van der Waals surface area contributed by atoms with Gasteiger partial charge in [-0.05, 0) is 58.5 Å². The van der Waals surface area contributed by atoms with E-state index < -0.39 is 58.2 Å². The zero-order valence-corrected chi connectivity index (χ0v) is 38.3. The second-order valence-electron chi connectivity index (χ2n) is 15.1. The van der Waals surface area contributed by atoms with Crippen molar-refractivity contribution in [3.8, 4) is 28.7 Å². The SMILES string of the molecule is COc1ccc(CC(=O)NCCc2cc(OC)c3c(c2)OCO3)cc1OCc1ccccc1.NC(=O)C(CS(N)(=O)=O)NC(=O)C(Cc1ccccc1)NC(=O)CNC(=O)OCc1ccccc1. The van der Waals surface area contributed by atoms with Gasteiger partial charge in [-0.15, -0.1) is 0 Å². The van der Waals surface area contributed by atoms with E-state index in [1.165, 1.54) is 0 Å². The highest BCUT2D eigenvalue weighted by Crippen LogP contribution is 2.41. The second kappa shape index (κ2) is 25.7. The third kappa shape index (κ3) is 17.2. The van der Waals surface area contributed by atoms with E-state index in [-0.39, 0.29) is 32.1 Å². The molecule has 0 fully saturated rings. The summed E-state index contributed by atoms with van der Waals surface area (Å²) >= 11 is 0. The standard InChI is InChI=1S/C26H27NO6.C22H27N5O7S/c1-29-21-9-8-19(12-22(21)31-16-18-6-4-3-5-7-18)15-25(28)27-11-10-20-13-23(30-2)26-24(14-20)32-17-33-26;23-20(29)18(14-35(24,32)33)27-21(30)17(11-15-7-3-1-4-8-15)26-19(28)12-25-22(31)34-13-16-9-5-2-6-10-16/h3-9,12-14H,10-11,15-17H2,1-2H3,(H,27,28);1-10,17-18H,11-14H2,(H2,23,29)(H,25,31)(H,26,28)(H,27,30)(H2,24,32,33). The lowest BCUT2D eigenvalue weighted by Gasteiger charge is -2.22. The van der Waals surface area contributed by atoms with E-state index in [2.05, 4.69) is 21.3 Å². The monoisotopic (exact) mass is 954 g/mol. The average molecular weight is 955 g/mol. The van der Waals surface area contributed by atoms with Crippen LogP contribution in [0.1, 0.15) is 27.8 Å². The first-order chi connectivity index (χ1) is 32.7. The quantitative estimate of drug-likeness (QED) is 0.0583. The number of nitrogens with two attached hydrogens (primary N) is 2. The molecule has 0 spiro atoms. The highest BCUT2D eigenvalue weighted by atomic mass is 32.2. The van der Waals surface area contributed by atoms with Crippen LogP contribution >= 0.6 is 0 Å². The Hall–Kier alpha value is -7.84. The molecule has 0 saturated carbocycles. The van der Waals surface area contributed by atoms with Crippen LogP contribution in [-0.4, -0.2) is 90.1 Å². The van der Waals surface area contributed by atoms with Gasteiger partial charge in [-0.25, -0.2) is 18.4 Å². The van der Waals surface area contributed by atoms with Crippen molar-refractivity contribution in [3.05, 3.63) is 149 Å². The predicted molar refractivity (Wildman–Crippen MR) is 249 cm³/mol. The van der Waals surface area contributed by atoms with Gasteiger partial charge in [-0.1, -0.05) is 97.1 Å². The molecule has 360 valence electrons. The van der Waals surface area contributed by atoms with E-state index >= 15 is 0 Å². The van der Waals surface area contributed by atoms with Crippen LogP contribution in [0.25, 0.3) is 0 Å². The van der Waals surface area contributed by atoms with Gasteiger partial charge in [-0.2, -0.15) is 0 Å². The number of ether oxygens (including phenoxy) is 6. The lowest BCUT2D eigenvalue weighted by atomic mass is 10.0. The first-order valence-corrected chi connectivity index (χ1v) is 22.9. The summed E-state index contributed by atoms with van der Waals surface area (Å²) in [7, 11) is -0.937. The minimum absolute atomic E-state index is 0.00584. The van der Waals surface area contributed by atoms with E-state index in [1.807, 2.05) is 66.7 Å². The Kier molecular flexibility index (Phi) is 19.4. The Labute approximate surface area is 393 Å². The molecule has 5 aromatic carbocycles. The first-order valence-electron chi connectivity index (χ1n) is 21.1. The molecule has 0 aromatic heterocycles. The molecule has 20 heteroatoms. The van der Waals surface area contributed by atoms with E-state index in [0.717, 1.165) is 22.3 Å². The fraction of sp³-hybridized carbons (Fsp3) is 0.271. The molecule has 6 rings (SSSR count). The third-order valence-electron chi connectivity index (χ3n) is 9.88. The smallest absolute Gasteiger partial charge is 0.407 e. The fourth-order valence-electron chi connectivity index (χ4n) is 6.53. The number of methoxy groups -OCH3 is 2. The molecular formula is C48H54N6O13S. The molecule has 19 nitrogen and oxygen atoms in total. The number of amides is 5. The van der Waals surface area contributed by atoms with Gasteiger partial charge in [0.05, 0.1) is 26.4 Å². The minimum Gasteiger partial charge on any atom is -0.493 e. The topological polar surface area (TPSA) is 275 Å². The number of rotatable bonds is 22. The molecule has 0 radical (unpaired) electrons. The van der Waals surface area contributed by atoms with Crippen molar-refractivity contribution in [3.63, 3.8) is 0 Å². The summed E-state index contributed by atoms with van der Waals surface area (Å²) in [5.41, 5.74) is 9.51. The highest BCUT2D eigenvalue weighted by Gasteiger charge is 2.29. The lowest BCUT2D eigenvalue weighted by molar-refractivity contribution is -0.130. The van der Waals surface area contributed by atoms with Gasteiger partial charge in [0.15, 0.2) is 23.0 Å². The largest absolute Gasteiger partial charge is 0.493 e. The molecule has 8 N–H and O–H groups in total. The van der Waals surface area contributed by atoms with Crippen LogP contribution in [-0.2, 0) is 66.4 Å². The van der Waals surface area contributed by atoms with E-state index in [0.29, 0.717) is 53.9 Å². The number of hydrogen-bond donors (Lipinski definition) is 6. The molecule has 1 heterocycles. The Morgan fingerprint density at radius 1 is 0.662 bits per heavy atom. The maximum Gasteiger partial charge on any atom is 0.407 e. The molecule has 5 aromatic rings. The molecule has 2 unspecified atom stereocenters. The van der Waals surface area contributed by atoms with Crippen molar-refractivity contribution in [2.75, 3.05) is 39.9 Å². The van der Waals surface area contributed by atoms with Crippen molar-refractivity contribution < 1.29 is 60.8 Å². The van der Waals surface area contributed by atoms with Crippen molar-refractivity contribution >= 4 is 39.7 Å². The third-order valence-corrected chi connectivity index (χ3v) is 10.7. The second-order valence-corrected chi connectivity index (χ2v) is 16.7. The lowest BCUT2D eigenvalue weighted by Crippen LogP contribution is -2.56. The van der Waals surface area contributed by atoms with Crippen molar-refractivity contribution in [2.45, 2.75) is 44.6 Å². The molecular weight excluding hydrogens is 901 g/mol. The van der Waals surface area contributed by atoms with E-state index in [1.54, 1.807) is 68.8 Å². The van der Waals surface area contributed by atoms with E-state index in [4.69, 9.17) is 39.3 Å². The molecule has 5 amide bonds. The normalized spacial score (nSPS) is 12.2. The van der Waals surface area contributed by atoms with Crippen LogP contribution in [0.2, 0.25) is 0 Å². The van der Waals surface area contributed by atoms with Crippen LogP contribution in [0, 0.1) is 0 Å². The highest BCUT2D eigenvalue weighted by molar-refractivity contribution is 7.89. The number of nitrogens with one attached hydrogen (secondary N) is 4. The van der Waals surface area contributed by atoms with Crippen molar-refractivity contribution in [2.24, 2.45) is 10.9 Å². The number of carbonyl (C=O) groups excluding carboxylic acids is 5. The van der Waals surface area contributed by atoms with Gasteiger partial charge < -0.3 is 55.4 Å². The van der Waals surface area contributed by atoms with Crippen molar-refractivity contribution in [1.29, 1.82) is 0 Å². The summed E-state index contributed by atoms with van der Waals surface area (Å²) < 4.78 is 55.3. The maximum atomic E-state index is 12.8. The summed E-state index contributed by atoms with van der Waals surface area (Å²) in [5, 5.41) is 14.8. The molecule has 1 aliphatic rings. The number of primary amides is 1. The van der Waals surface area contributed by atoms with Gasteiger partial charge in [0.1, 0.15) is 31.8 Å². The van der Waals surface area contributed by atoms with Gasteiger partial charge in [0.25, 0.3) is 0 Å². The molecule has 68 heavy (non-hydrogen) atoms. The minimum atomic E-state index is -4.13. The molecule has 0 bridgehead atoms. The number of carbonyl (C=O) groups is 5. The van der Waals surface area contributed by atoms with Crippen LogP contribution in [0.4, 0.5) is 4.79 Å². The molecule has 2 atom stereocenters. The Balaban J connectivity index is 0.000000254. The Morgan fingerprint density at radius 3 is 1.90 bits per heavy atom. The van der Waals surface area contributed by atoms with Crippen LogP contribution in [0.3, 0.4) is 0 Å². The predicted octanol–water partition coefficient (Wildman–Crippen LogP) is 2.81. The number of fused-ring (bicyclic) bond motifs is 1. The Morgan fingerprint density at radius 2 is 1.28 bits per heavy atom. The average Bonchev–Trinajstić information content (AvgIpc) is 3.81. The number of alkyl carbamates (subject to hydrolysis) is 1. The zero-order chi connectivity index (χ0) is 48.9. The Bertz CT molecular complexity index is 2590. The molecule has 0 saturated heterocycles. The van der Waals surface area contributed by atoms with Crippen molar-refractivity contribution in [1.82, 2.24) is 21.3 Å². The summed E-state index contributed by atoms with van der Waals surface area (Å²) in [6.07, 6.45) is 0.0655. The summed E-state index contributed by atoms with van der Waals surface area (Å²) in [5.74, 6) is -0.511.